The van der Waals surface area contributed by atoms with Crippen LogP contribution in [0.1, 0.15) is 16.7 Å². The van der Waals surface area contributed by atoms with Crippen molar-refractivity contribution in [1.82, 2.24) is 9.71 Å². The van der Waals surface area contributed by atoms with Crippen LogP contribution in [-0.2, 0) is 16.6 Å². The highest BCUT2D eigenvalue weighted by atomic mass is 35.5. The molecule has 4 N–H and O–H groups in total. The van der Waals surface area contributed by atoms with Gasteiger partial charge in [0.25, 0.3) is 0 Å². The van der Waals surface area contributed by atoms with E-state index in [1.807, 2.05) is 30.3 Å². The van der Waals surface area contributed by atoms with Crippen molar-refractivity contribution in [2.75, 3.05) is 10.2 Å². The third-order valence-corrected chi connectivity index (χ3v) is 7.34. The molecule has 0 radical (unpaired) electrons. The third-order valence-electron chi connectivity index (χ3n) is 5.71. The standard InChI is InChI=1S/C26H21ClN6O2S/c27-19-5-3-6-20(15-19)36(34,35)31-16-17-10-12-18(13-11-17)24(28)33-23-9-4-14-30-26(23)32-22-8-2-1-7-21(22)25(33)29/h1-15,28-29,31H,16H2,(H,30,32). The SMILES string of the molecule is N=C(c1ccc(CNS(=O)(=O)c2cccc(Cl)c2)cc1)N1C(=N)c2ccccc2Nc2ncccc21. The molecule has 2 heterocycles. The largest absolute Gasteiger partial charge is 0.338 e. The van der Waals surface area contributed by atoms with Crippen molar-refractivity contribution in [3.63, 3.8) is 0 Å². The molecule has 0 saturated carbocycles. The van der Waals surface area contributed by atoms with Crippen molar-refractivity contribution in [2.45, 2.75) is 11.4 Å². The number of rotatable bonds is 5. The lowest BCUT2D eigenvalue weighted by molar-refractivity contribution is 0.581. The molecule has 0 spiro atoms. The van der Waals surface area contributed by atoms with E-state index >= 15 is 0 Å². The zero-order chi connectivity index (χ0) is 25.3. The quantitative estimate of drug-likeness (QED) is 0.216. The second kappa shape index (κ2) is 9.54. The van der Waals surface area contributed by atoms with Gasteiger partial charge in [-0.05, 0) is 48.0 Å². The van der Waals surface area contributed by atoms with Crippen LogP contribution in [0.5, 0.6) is 0 Å². The molecule has 3 aromatic carbocycles. The van der Waals surface area contributed by atoms with E-state index < -0.39 is 10.0 Å². The molecule has 0 atom stereocenters. The summed E-state index contributed by atoms with van der Waals surface area (Å²) in [6.07, 6.45) is 1.66. The predicted molar refractivity (Wildman–Crippen MR) is 142 cm³/mol. The molecule has 0 amide bonds. The van der Waals surface area contributed by atoms with Crippen LogP contribution in [0.25, 0.3) is 0 Å². The molecular formula is C26H21ClN6O2S. The number of hydrogen-bond donors (Lipinski definition) is 4. The third kappa shape index (κ3) is 4.59. The fourth-order valence-electron chi connectivity index (χ4n) is 3.88. The fraction of sp³-hybridized carbons (Fsp3) is 0.0385. The average molecular weight is 517 g/mol. The van der Waals surface area contributed by atoms with Crippen molar-refractivity contribution in [3.8, 4) is 0 Å². The van der Waals surface area contributed by atoms with E-state index in [4.69, 9.17) is 22.4 Å². The van der Waals surface area contributed by atoms with E-state index in [-0.39, 0.29) is 23.1 Å². The molecule has 5 rings (SSSR count). The minimum atomic E-state index is -3.72. The van der Waals surface area contributed by atoms with Crippen LogP contribution in [0.15, 0.2) is 96.0 Å². The van der Waals surface area contributed by atoms with Crippen molar-refractivity contribution < 1.29 is 8.42 Å². The van der Waals surface area contributed by atoms with Gasteiger partial charge in [0.05, 0.1) is 16.3 Å². The van der Waals surface area contributed by atoms with Crippen molar-refractivity contribution in [1.29, 1.82) is 10.8 Å². The monoisotopic (exact) mass is 516 g/mol. The molecule has 0 unspecified atom stereocenters. The number of halogens is 1. The predicted octanol–water partition coefficient (Wildman–Crippen LogP) is 5.13. The van der Waals surface area contributed by atoms with E-state index in [2.05, 4.69) is 15.0 Å². The molecule has 0 aliphatic carbocycles. The van der Waals surface area contributed by atoms with Gasteiger partial charge in [0.1, 0.15) is 11.7 Å². The first-order chi connectivity index (χ1) is 17.3. The lowest BCUT2D eigenvalue weighted by Crippen LogP contribution is -2.36. The Morgan fingerprint density at radius 2 is 1.78 bits per heavy atom. The Labute approximate surface area is 213 Å². The second-order valence-corrected chi connectivity index (χ2v) is 10.3. The van der Waals surface area contributed by atoms with Gasteiger partial charge in [0, 0.05) is 28.9 Å². The molecule has 36 heavy (non-hydrogen) atoms. The molecule has 0 fully saturated rings. The zero-order valence-electron chi connectivity index (χ0n) is 18.9. The molecule has 1 aromatic heterocycles. The van der Waals surface area contributed by atoms with Gasteiger partial charge in [-0.3, -0.25) is 15.7 Å². The van der Waals surface area contributed by atoms with E-state index in [1.54, 1.807) is 48.7 Å². The summed E-state index contributed by atoms with van der Waals surface area (Å²) in [4.78, 5) is 6.04. The first kappa shape index (κ1) is 23.7. The molecule has 10 heteroatoms. The van der Waals surface area contributed by atoms with Crippen molar-refractivity contribution in [3.05, 3.63) is 113 Å². The molecule has 4 aromatic rings. The highest BCUT2D eigenvalue weighted by molar-refractivity contribution is 7.89. The minimum Gasteiger partial charge on any atom is -0.338 e. The summed E-state index contributed by atoms with van der Waals surface area (Å²) in [5.41, 5.74) is 3.25. The summed E-state index contributed by atoms with van der Waals surface area (Å²) in [5, 5.41) is 21.4. The summed E-state index contributed by atoms with van der Waals surface area (Å²) >= 11 is 5.92. The van der Waals surface area contributed by atoms with Crippen LogP contribution in [0.3, 0.4) is 0 Å². The Bertz CT molecular complexity index is 1590. The number of pyridine rings is 1. The van der Waals surface area contributed by atoms with E-state index in [1.165, 1.54) is 17.0 Å². The van der Waals surface area contributed by atoms with Gasteiger partial charge in [-0.1, -0.05) is 54.1 Å². The average Bonchev–Trinajstić information content (AvgIpc) is 3.01. The normalized spacial score (nSPS) is 12.8. The number of para-hydroxylation sites is 1. The number of nitrogens with one attached hydrogen (secondary N) is 4. The number of hydrogen-bond acceptors (Lipinski definition) is 6. The Hall–Kier alpha value is -4.05. The first-order valence-electron chi connectivity index (χ1n) is 11.0. The summed E-state index contributed by atoms with van der Waals surface area (Å²) in [6.45, 7) is 0.0754. The van der Waals surface area contributed by atoms with E-state index in [0.717, 1.165) is 11.3 Å². The summed E-state index contributed by atoms with van der Waals surface area (Å²) < 4.78 is 27.7. The molecule has 0 bridgehead atoms. The van der Waals surface area contributed by atoms with Crippen molar-refractivity contribution in [2.24, 2.45) is 0 Å². The summed E-state index contributed by atoms with van der Waals surface area (Å²) in [5.74, 6) is 0.788. The number of fused-ring (bicyclic) bond motifs is 2. The van der Waals surface area contributed by atoms with Crippen LogP contribution < -0.4 is 14.9 Å². The Kier molecular flexibility index (Phi) is 6.27. The lowest BCUT2D eigenvalue weighted by Gasteiger charge is -2.25. The number of amidine groups is 2. The Morgan fingerprint density at radius 1 is 1.00 bits per heavy atom. The lowest BCUT2D eigenvalue weighted by atomic mass is 10.1. The second-order valence-electron chi connectivity index (χ2n) is 8.05. The highest BCUT2D eigenvalue weighted by Gasteiger charge is 2.28. The highest BCUT2D eigenvalue weighted by Crippen LogP contribution is 2.34. The Morgan fingerprint density at radius 3 is 2.56 bits per heavy atom. The smallest absolute Gasteiger partial charge is 0.240 e. The number of anilines is 3. The van der Waals surface area contributed by atoms with Crippen molar-refractivity contribution >= 4 is 50.5 Å². The fourth-order valence-corrected chi connectivity index (χ4v) is 5.20. The van der Waals surface area contributed by atoms with Crippen LogP contribution in [0.4, 0.5) is 17.2 Å². The van der Waals surface area contributed by atoms with Gasteiger partial charge in [-0.2, -0.15) is 0 Å². The van der Waals surface area contributed by atoms with Gasteiger partial charge in [-0.15, -0.1) is 0 Å². The topological polar surface area (TPSA) is 122 Å². The maximum Gasteiger partial charge on any atom is 0.240 e. The zero-order valence-corrected chi connectivity index (χ0v) is 20.4. The number of nitrogens with zero attached hydrogens (tertiary/aromatic N) is 2. The van der Waals surface area contributed by atoms with Crippen LogP contribution >= 0.6 is 11.6 Å². The van der Waals surface area contributed by atoms with E-state index in [0.29, 0.717) is 27.7 Å². The van der Waals surface area contributed by atoms with Gasteiger partial charge in [0.15, 0.2) is 5.82 Å². The van der Waals surface area contributed by atoms with Gasteiger partial charge in [-0.25, -0.2) is 18.1 Å². The molecule has 8 nitrogen and oxygen atoms in total. The number of sulfonamides is 1. The Balaban J connectivity index is 1.39. The summed E-state index contributed by atoms with van der Waals surface area (Å²) in [6, 6.07) is 24.0. The molecule has 1 aliphatic rings. The van der Waals surface area contributed by atoms with Gasteiger partial charge in [0.2, 0.25) is 10.0 Å². The van der Waals surface area contributed by atoms with Crippen LogP contribution in [-0.4, -0.2) is 25.1 Å². The van der Waals surface area contributed by atoms with Crippen LogP contribution in [0, 0.1) is 10.8 Å². The minimum absolute atomic E-state index is 0.0754. The molecule has 1 aliphatic heterocycles. The maximum absolute atomic E-state index is 12.6. The maximum atomic E-state index is 12.6. The molecule has 0 saturated heterocycles. The van der Waals surface area contributed by atoms with Crippen LogP contribution in [0.2, 0.25) is 5.02 Å². The number of benzene rings is 3. The van der Waals surface area contributed by atoms with E-state index in [9.17, 15) is 8.42 Å². The van der Waals surface area contributed by atoms with Gasteiger partial charge < -0.3 is 5.32 Å². The first-order valence-corrected chi connectivity index (χ1v) is 12.8. The summed E-state index contributed by atoms with van der Waals surface area (Å²) in [7, 11) is -3.72. The molecular weight excluding hydrogens is 496 g/mol. The number of aromatic nitrogens is 1. The van der Waals surface area contributed by atoms with Gasteiger partial charge >= 0.3 is 0 Å². The molecule has 180 valence electrons.